The molecule has 1 atom stereocenters. The number of hydrogen-bond donors (Lipinski definition) is 2. The van der Waals surface area contributed by atoms with Gasteiger partial charge in [-0.05, 0) is 32.0 Å². The fourth-order valence-electron chi connectivity index (χ4n) is 2.58. The molecule has 0 radical (unpaired) electrons. The van der Waals surface area contributed by atoms with Crippen molar-refractivity contribution in [1.29, 1.82) is 0 Å². The topological polar surface area (TPSA) is 97.8 Å². The fraction of sp³-hybridized carbons (Fsp3) is 0.538. The lowest BCUT2D eigenvalue weighted by atomic mass is 10.1. The van der Waals surface area contributed by atoms with Gasteiger partial charge in [-0.2, -0.15) is 20.1 Å². The molecule has 2 aromatic rings. The molecule has 3 rings (SSSR count). The van der Waals surface area contributed by atoms with Crippen LogP contribution in [-0.2, 0) is 0 Å². The second-order valence-corrected chi connectivity index (χ2v) is 5.14. The first kappa shape index (κ1) is 13.7. The highest BCUT2D eigenvalue weighted by Gasteiger charge is 2.19. The molecule has 0 spiro atoms. The summed E-state index contributed by atoms with van der Waals surface area (Å²) in [6, 6.07) is 2.15. The quantitative estimate of drug-likeness (QED) is 0.847. The number of nitrogen functional groups attached to an aromatic ring is 1. The molecule has 112 valence electrons. The fourth-order valence-corrected chi connectivity index (χ4v) is 2.58. The molecule has 8 heteroatoms. The number of rotatable bonds is 4. The van der Waals surface area contributed by atoms with Crippen LogP contribution in [-0.4, -0.2) is 55.3 Å². The Morgan fingerprint density at radius 3 is 3.05 bits per heavy atom. The molecule has 0 amide bonds. The lowest BCUT2D eigenvalue weighted by Gasteiger charge is -2.32. The Bertz CT molecular complexity index is 582. The van der Waals surface area contributed by atoms with Crippen molar-refractivity contribution in [3.05, 3.63) is 18.5 Å². The molecule has 1 aliphatic rings. The molecule has 0 aromatic carbocycles. The number of nitrogens with one attached hydrogen (secondary N) is 1. The highest BCUT2D eigenvalue weighted by molar-refractivity contribution is 5.35. The second kappa shape index (κ2) is 6.04. The average Bonchev–Trinajstić information content (AvgIpc) is 3.01. The number of likely N-dealkylation sites (N-methyl/N-ethyl adjacent to an activating group) is 1. The molecule has 1 aliphatic heterocycles. The molecular weight excluding hydrogens is 268 g/mol. The Labute approximate surface area is 123 Å². The zero-order valence-corrected chi connectivity index (χ0v) is 12.1. The molecule has 2 aromatic heterocycles. The summed E-state index contributed by atoms with van der Waals surface area (Å²) in [5, 5.41) is 7.48. The van der Waals surface area contributed by atoms with Crippen LogP contribution in [0.3, 0.4) is 0 Å². The lowest BCUT2D eigenvalue weighted by Crippen LogP contribution is -2.42. The number of nitrogens with two attached hydrogens (primary N) is 1. The van der Waals surface area contributed by atoms with Crippen molar-refractivity contribution in [1.82, 2.24) is 29.6 Å². The molecule has 1 saturated heterocycles. The Hall–Kier alpha value is -2.22. The lowest BCUT2D eigenvalue weighted by molar-refractivity contribution is 0.226. The van der Waals surface area contributed by atoms with Crippen molar-refractivity contribution in [2.45, 2.75) is 25.8 Å². The minimum absolute atomic E-state index is 0.196. The zero-order chi connectivity index (χ0) is 14.7. The number of piperidine rings is 1. The molecule has 21 heavy (non-hydrogen) atoms. The summed E-state index contributed by atoms with van der Waals surface area (Å²) in [4.78, 5) is 15.1. The molecular formula is C13H20N8. The van der Waals surface area contributed by atoms with Gasteiger partial charge < -0.3 is 16.0 Å². The van der Waals surface area contributed by atoms with Crippen LogP contribution < -0.4 is 11.1 Å². The molecule has 1 unspecified atom stereocenters. The second-order valence-electron chi connectivity index (χ2n) is 5.14. The van der Waals surface area contributed by atoms with Gasteiger partial charge in [-0.3, -0.25) is 0 Å². The van der Waals surface area contributed by atoms with E-state index in [1.54, 1.807) is 17.1 Å². The van der Waals surface area contributed by atoms with Gasteiger partial charge in [0.05, 0.1) is 0 Å². The molecule has 0 saturated carbocycles. The molecule has 8 nitrogen and oxygen atoms in total. The number of nitrogens with zero attached hydrogens (tertiary/aromatic N) is 6. The van der Waals surface area contributed by atoms with E-state index < -0.39 is 0 Å². The summed E-state index contributed by atoms with van der Waals surface area (Å²) in [7, 11) is 0. The van der Waals surface area contributed by atoms with Crippen LogP contribution in [0, 0.1) is 0 Å². The van der Waals surface area contributed by atoms with Crippen molar-refractivity contribution in [2.24, 2.45) is 0 Å². The third kappa shape index (κ3) is 3.27. The van der Waals surface area contributed by atoms with E-state index in [0.717, 1.165) is 26.1 Å². The van der Waals surface area contributed by atoms with E-state index in [-0.39, 0.29) is 5.95 Å². The van der Waals surface area contributed by atoms with E-state index in [2.05, 4.69) is 37.2 Å². The van der Waals surface area contributed by atoms with Crippen LogP contribution in [0.5, 0.6) is 0 Å². The standard InChI is InChI=1S/C13H20N8/c1-2-20-7-3-5-10(9-20)16-12-17-11(14)18-13(19-12)21-8-4-6-15-21/h4,6,8,10H,2-3,5,7,9H2,1H3,(H3,14,16,17,18,19). The Morgan fingerprint density at radius 1 is 1.38 bits per heavy atom. The minimum Gasteiger partial charge on any atom is -0.368 e. The van der Waals surface area contributed by atoms with Crippen LogP contribution in [0.15, 0.2) is 18.5 Å². The summed E-state index contributed by atoms with van der Waals surface area (Å²) in [5.74, 6) is 1.13. The van der Waals surface area contributed by atoms with E-state index in [0.29, 0.717) is 17.9 Å². The van der Waals surface area contributed by atoms with Gasteiger partial charge in [-0.1, -0.05) is 6.92 Å². The summed E-state index contributed by atoms with van der Waals surface area (Å²) >= 11 is 0. The van der Waals surface area contributed by atoms with Crippen molar-refractivity contribution in [3.8, 4) is 5.95 Å². The predicted octanol–water partition coefficient (Wildman–Crippen LogP) is 0.536. The smallest absolute Gasteiger partial charge is 0.257 e. The van der Waals surface area contributed by atoms with E-state index in [9.17, 15) is 0 Å². The first-order valence-electron chi connectivity index (χ1n) is 7.25. The van der Waals surface area contributed by atoms with Gasteiger partial charge in [0, 0.05) is 25.0 Å². The summed E-state index contributed by atoms with van der Waals surface area (Å²) in [5.41, 5.74) is 5.77. The van der Waals surface area contributed by atoms with Crippen LogP contribution in [0.1, 0.15) is 19.8 Å². The van der Waals surface area contributed by atoms with Crippen molar-refractivity contribution in [2.75, 3.05) is 30.7 Å². The van der Waals surface area contributed by atoms with E-state index in [1.807, 2.05) is 6.07 Å². The summed E-state index contributed by atoms with van der Waals surface area (Å²) in [6.45, 7) is 5.40. The van der Waals surface area contributed by atoms with Crippen molar-refractivity contribution in [3.63, 3.8) is 0 Å². The van der Waals surface area contributed by atoms with Crippen LogP contribution >= 0.6 is 0 Å². The number of hydrogen-bond acceptors (Lipinski definition) is 7. The Kier molecular flexibility index (Phi) is 3.96. The largest absolute Gasteiger partial charge is 0.368 e. The van der Waals surface area contributed by atoms with Gasteiger partial charge in [0.15, 0.2) is 0 Å². The molecule has 3 heterocycles. The third-order valence-electron chi connectivity index (χ3n) is 3.64. The Morgan fingerprint density at radius 2 is 2.29 bits per heavy atom. The molecule has 0 bridgehead atoms. The van der Waals surface area contributed by atoms with Crippen LogP contribution in [0.4, 0.5) is 11.9 Å². The van der Waals surface area contributed by atoms with Gasteiger partial charge >= 0.3 is 0 Å². The molecule has 0 aliphatic carbocycles. The van der Waals surface area contributed by atoms with Crippen molar-refractivity contribution >= 4 is 11.9 Å². The molecule has 1 fully saturated rings. The van der Waals surface area contributed by atoms with Gasteiger partial charge in [-0.25, -0.2) is 4.68 Å². The first-order valence-corrected chi connectivity index (χ1v) is 7.25. The van der Waals surface area contributed by atoms with Gasteiger partial charge in [-0.15, -0.1) is 0 Å². The van der Waals surface area contributed by atoms with E-state index in [1.165, 1.54) is 6.42 Å². The summed E-state index contributed by atoms with van der Waals surface area (Å²) < 4.78 is 1.57. The zero-order valence-electron chi connectivity index (χ0n) is 12.1. The van der Waals surface area contributed by atoms with Crippen molar-refractivity contribution < 1.29 is 0 Å². The maximum Gasteiger partial charge on any atom is 0.257 e. The highest BCUT2D eigenvalue weighted by atomic mass is 15.4. The normalized spacial score (nSPS) is 19.6. The van der Waals surface area contributed by atoms with Gasteiger partial charge in [0.2, 0.25) is 11.9 Å². The van der Waals surface area contributed by atoms with E-state index in [4.69, 9.17) is 5.73 Å². The minimum atomic E-state index is 0.196. The Balaban J connectivity index is 1.76. The highest BCUT2D eigenvalue weighted by Crippen LogP contribution is 2.14. The third-order valence-corrected chi connectivity index (χ3v) is 3.64. The maximum absolute atomic E-state index is 5.77. The SMILES string of the molecule is CCN1CCCC(Nc2nc(N)nc(-n3cccn3)n2)C1. The van der Waals surface area contributed by atoms with Crippen LogP contribution in [0.25, 0.3) is 5.95 Å². The summed E-state index contributed by atoms with van der Waals surface area (Å²) in [6.07, 6.45) is 5.74. The first-order chi connectivity index (χ1) is 10.2. The van der Waals surface area contributed by atoms with Gasteiger partial charge in [0.1, 0.15) is 0 Å². The number of likely N-dealkylation sites (tertiary alicyclic amines) is 1. The predicted molar refractivity (Wildman–Crippen MR) is 80.1 cm³/mol. The van der Waals surface area contributed by atoms with Gasteiger partial charge in [0.25, 0.3) is 5.95 Å². The monoisotopic (exact) mass is 288 g/mol. The average molecular weight is 288 g/mol. The number of anilines is 2. The maximum atomic E-state index is 5.77. The van der Waals surface area contributed by atoms with E-state index >= 15 is 0 Å². The molecule has 3 N–H and O–H groups in total. The van der Waals surface area contributed by atoms with Crippen LogP contribution in [0.2, 0.25) is 0 Å². The number of aromatic nitrogens is 5.